The molecule has 0 atom stereocenters. The Morgan fingerprint density at radius 1 is 0.556 bits per heavy atom. The van der Waals surface area contributed by atoms with Crippen LogP contribution in [-0.2, 0) is 14.1 Å². The molecule has 1 heterocycles. The van der Waals surface area contributed by atoms with Gasteiger partial charge < -0.3 is 0 Å². The van der Waals surface area contributed by atoms with Gasteiger partial charge in [-0.25, -0.2) is 0 Å². The second-order valence-corrected chi connectivity index (χ2v) is 4.10. The summed E-state index contributed by atoms with van der Waals surface area (Å²) in [6, 6.07) is 16.9. The summed E-state index contributed by atoms with van der Waals surface area (Å²) in [5, 5.41) is 0. The third-order valence-corrected chi connectivity index (χ3v) is 3.21. The van der Waals surface area contributed by atoms with Crippen LogP contribution < -0.4 is 9.13 Å². The first-order valence-corrected chi connectivity index (χ1v) is 5.44. The highest BCUT2D eigenvalue weighted by molar-refractivity contribution is 5.75. The molecule has 0 aliphatic rings. The number of nitrogens with zero attached hydrogens (tertiary/aromatic N) is 2. The Labute approximate surface area is 109 Å². The number of aromatic nitrogens is 2. The summed E-state index contributed by atoms with van der Waals surface area (Å²) in [5.74, 6) is 0. The van der Waals surface area contributed by atoms with Crippen LogP contribution in [0.1, 0.15) is 14.9 Å². The highest BCUT2D eigenvalue weighted by atomic mass is 15.0. The average Bonchev–Trinajstić information content (AvgIpc) is 2.36. The molecule has 0 spiro atoms. The third-order valence-electron chi connectivity index (χ3n) is 3.21. The molecule has 0 saturated carbocycles. The zero-order valence-electron chi connectivity index (χ0n) is 9.51. The van der Waals surface area contributed by atoms with E-state index in [1.807, 2.05) is 0 Å². The lowest BCUT2D eigenvalue weighted by Gasteiger charge is -2.00. The van der Waals surface area contributed by atoms with Crippen molar-refractivity contribution in [3.05, 3.63) is 48.5 Å². The Balaban J connectivity index is 0.000000810. The summed E-state index contributed by atoms with van der Waals surface area (Å²) in [7, 11) is 4.23. The Morgan fingerprint density at radius 3 is 1.00 bits per heavy atom. The van der Waals surface area contributed by atoms with Gasteiger partial charge >= 0.3 is 0 Å². The molecule has 94 valence electrons. The summed E-state index contributed by atoms with van der Waals surface area (Å²) >= 11 is 0. The standard InChI is InChI=1S/C14H14N2.2CH4/c1-15-11-7-3-5-9-13(11)16(2)14-10-6-4-8-12(14)15;;/h3-10H,1-2H3;2*1H4/q+2;;. The Morgan fingerprint density at radius 2 is 0.778 bits per heavy atom. The van der Waals surface area contributed by atoms with Crippen LogP contribution in [0, 0.1) is 0 Å². The smallest absolute Gasteiger partial charge is 0.184 e. The molecule has 0 fully saturated rings. The summed E-state index contributed by atoms with van der Waals surface area (Å²) in [6.07, 6.45) is 0. The van der Waals surface area contributed by atoms with Crippen molar-refractivity contribution in [1.82, 2.24) is 0 Å². The van der Waals surface area contributed by atoms with E-state index in [1.54, 1.807) is 0 Å². The first-order valence-electron chi connectivity index (χ1n) is 5.44. The molecule has 0 aliphatic heterocycles. The van der Waals surface area contributed by atoms with E-state index in [-0.39, 0.29) is 14.9 Å². The van der Waals surface area contributed by atoms with Crippen molar-refractivity contribution in [3.8, 4) is 0 Å². The zero-order chi connectivity index (χ0) is 11.1. The van der Waals surface area contributed by atoms with Gasteiger partial charge in [0.25, 0.3) is 22.1 Å². The lowest BCUT2D eigenvalue weighted by atomic mass is 10.2. The van der Waals surface area contributed by atoms with E-state index >= 15 is 0 Å². The summed E-state index contributed by atoms with van der Waals surface area (Å²) < 4.78 is 4.48. The predicted molar refractivity (Wildman–Crippen MR) is 77.3 cm³/mol. The van der Waals surface area contributed by atoms with E-state index in [2.05, 4.69) is 71.8 Å². The molecule has 0 bridgehead atoms. The number of aryl methyl sites for hydroxylation is 2. The minimum atomic E-state index is 0. The second-order valence-electron chi connectivity index (χ2n) is 4.10. The molecule has 1 aromatic heterocycles. The number of benzene rings is 2. The van der Waals surface area contributed by atoms with E-state index in [0.717, 1.165) is 0 Å². The molecule has 3 rings (SSSR count). The van der Waals surface area contributed by atoms with Gasteiger partial charge in [0.05, 0.1) is 0 Å². The van der Waals surface area contributed by atoms with Crippen molar-refractivity contribution in [2.75, 3.05) is 0 Å². The van der Waals surface area contributed by atoms with Crippen molar-refractivity contribution in [2.45, 2.75) is 14.9 Å². The predicted octanol–water partition coefficient (Wildman–Crippen LogP) is 2.91. The minimum absolute atomic E-state index is 0. The van der Waals surface area contributed by atoms with E-state index in [1.165, 1.54) is 22.1 Å². The molecule has 0 N–H and O–H groups in total. The lowest BCUT2D eigenvalue weighted by Crippen LogP contribution is -2.40. The number of hydrogen-bond donors (Lipinski definition) is 0. The maximum Gasteiger partial charge on any atom is 0.277 e. The van der Waals surface area contributed by atoms with E-state index in [0.29, 0.717) is 0 Å². The molecule has 0 radical (unpaired) electrons. The van der Waals surface area contributed by atoms with Crippen LogP contribution in [0.2, 0.25) is 0 Å². The van der Waals surface area contributed by atoms with Crippen LogP contribution in [0.25, 0.3) is 22.1 Å². The molecule has 2 heteroatoms. The molecule has 0 aliphatic carbocycles. The summed E-state index contributed by atoms with van der Waals surface area (Å²) in [4.78, 5) is 0. The van der Waals surface area contributed by atoms with Gasteiger partial charge in [0, 0.05) is 24.3 Å². The largest absolute Gasteiger partial charge is 0.277 e. The van der Waals surface area contributed by atoms with E-state index < -0.39 is 0 Å². The topological polar surface area (TPSA) is 7.76 Å². The molecule has 0 unspecified atom stereocenters. The SMILES string of the molecule is C.C.C[n+]1c2ccccc2[n+](C)c2ccccc21. The van der Waals surface area contributed by atoms with Crippen molar-refractivity contribution < 1.29 is 9.13 Å². The molecule has 2 nitrogen and oxygen atoms in total. The maximum atomic E-state index is 2.24. The van der Waals surface area contributed by atoms with Gasteiger partial charge in [-0.3, -0.25) is 0 Å². The molecule has 0 amide bonds. The quantitative estimate of drug-likeness (QED) is 0.423. The van der Waals surface area contributed by atoms with Crippen LogP contribution in [0.3, 0.4) is 0 Å². The second kappa shape index (κ2) is 5.13. The van der Waals surface area contributed by atoms with Crippen molar-refractivity contribution in [3.63, 3.8) is 0 Å². The van der Waals surface area contributed by atoms with Crippen LogP contribution in [-0.4, -0.2) is 0 Å². The van der Waals surface area contributed by atoms with Crippen molar-refractivity contribution in [1.29, 1.82) is 0 Å². The number of fused-ring (bicyclic) bond motifs is 2. The van der Waals surface area contributed by atoms with Gasteiger partial charge in [0.2, 0.25) is 0 Å². The fraction of sp³-hybridized carbons (Fsp3) is 0.250. The fourth-order valence-electron chi connectivity index (χ4n) is 2.32. The highest BCUT2D eigenvalue weighted by Gasteiger charge is 2.20. The summed E-state index contributed by atoms with van der Waals surface area (Å²) in [6.45, 7) is 0. The average molecular weight is 242 g/mol. The van der Waals surface area contributed by atoms with Crippen LogP contribution in [0.4, 0.5) is 0 Å². The first-order chi connectivity index (χ1) is 7.79. The number of para-hydroxylation sites is 4. The number of rotatable bonds is 0. The maximum absolute atomic E-state index is 2.24. The Kier molecular flexibility index (Phi) is 4.02. The molecular weight excluding hydrogens is 220 g/mol. The molecule has 3 aromatic rings. The van der Waals surface area contributed by atoms with E-state index in [9.17, 15) is 0 Å². The minimum Gasteiger partial charge on any atom is -0.184 e. The van der Waals surface area contributed by atoms with Gasteiger partial charge in [0.15, 0.2) is 0 Å². The lowest BCUT2D eigenvalue weighted by molar-refractivity contribution is -0.658. The fourth-order valence-corrected chi connectivity index (χ4v) is 2.32. The molecular formula is C16H22N2+2. The Bertz CT molecular complexity index is 570. The zero-order valence-corrected chi connectivity index (χ0v) is 9.51. The molecule has 18 heavy (non-hydrogen) atoms. The monoisotopic (exact) mass is 242 g/mol. The van der Waals surface area contributed by atoms with Gasteiger partial charge in [-0.05, 0) is 0 Å². The third kappa shape index (κ3) is 1.84. The first kappa shape index (κ1) is 14.1. The summed E-state index contributed by atoms with van der Waals surface area (Å²) in [5.41, 5.74) is 5.01. The highest BCUT2D eigenvalue weighted by Crippen LogP contribution is 2.10. The molecule has 2 aromatic carbocycles. The number of hydrogen-bond acceptors (Lipinski definition) is 0. The van der Waals surface area contributed by atoms with Crippen LogP contribution >= 0.6 is 0 Å². The Hall–Kier alpha value is -1.96. The normalized spacial score (nSPS) is 9.89. The molecule has 0 saturated heterocycles. The van der Waals surface area contributed by atoms with E-state index in [4.69, 9.17) is 0 Å². The van der Waals surface area contributed by atoms with Gasteiger partial charge in [0.1, 0.15) is 14.1 Å². The van der Waals surface area contributed by atoms with Gasteiger partial charge in [-0.1, -0.05) is 39.1 Å². The van der Waals surface area contributed by atoms with Crippen LogP contribution in [0.15, 0.2) is 48.5 Å². The van der Waals surface area contributed by atoms with Crippen LogP contribution in [0.5, 0.6) is 0 Å². The van der Waals surface area contributed by atoms with Gasteiger partial charge in [-0.2, -0.15) is 9.13 Å². The van der Waals surface area contributed by atoms with Crippen molar-refractivity contribution >= 4 is 22.1 Å². The van der Waals surface area contributed by atoms with Gasteiger partial charge in [-0.15, -0.1) is 0 Å². The van der Waals surface area contributed by atoms with Crippen molar-refractivity contribution in [2.24, 2.45) is 14.1 Å².